The number of rotatable bonds is 8. The fraction of sp³-hybridized carbons (Fsp3) is 0.733. The molecule has 0 bridgehead atoms. The Kier molecular flexibility index (Phi) is 9.90. The zero-order chi connectivity index (χ0) is 27.2. The van der Waals surface area contributed by atoms with E-state index >= 15 is 0 Å². The Balaban J connectivity index is 1.59. The molecular formula is C30H49N3O4. The van der Waals surface area contributed by atoms with Gasteiger partial charge in [-0.3, -0.25) is 14.5 Å². The maximum Gasteiger partial charge on any atom is 0.306 e. The van der Waals surface area contributed by atoms with Crippen LogP contribution in [-0.4, -0.2) is 80.2 Å². The molecule has 2 atom stereocenters. The second kappa shape index (κ2) is 12.5. The highest BCUT2D eigenvalue weighted by atomic mass is 16.6. The van der Waals surface area contributed by atoms with Crippen LogP contribution in [0.4, 0.5) is 5.69 Å². The molecule has 7 heteroatoms. The maximum atomic E-state index is 13.0. The van der Waals surface area contributed by atoms with E-state index in [1.807, 2.05) is 37.8 Å². The van der Waals surface area contributed by atoms with Crippen molar-refractivity contribution in [2.75, 3.05) is 57.8 Å². The van der Waals surface area contributed by atoms with Gasteiger partial charge in [0.15, 0.2) is 0 Å². The first-order chi connectivity index (χ1) is 17.3. The standard InChI is InChI=1S/C30H49N3O4/c1-29(2,3)21-27(34)33-15-13-23(20-28(35)37-30(4,5)6)24(22-33)12-14-31-16-18-32(19-17-31)25-10-8-9-11-26(25)36-7/h8-11,23-24H,12-22H2,1-7H3/t23-,24-/m0/s1. The number of methoxy groups -OCH3 is 1. The quantitative estimate of drug-likeness (QED) is 0.462. The normalized spacial score (nSPS) is 21.6. The largest absolute Gasteiger partial charge is 0.495 e. The average Bonchev–Trinajstić information content (AvgIpc) is 2.81. The predicted octanol–water partition coefficient (Wildman–Crippen LogP) is 4.84. The second-order valence-electron chi connectivity index (χ2n) is 13.0. The zero-order valence-electron chi connectivity index (χ0n) is 24.2. The van der Waals surface area contributed by atoms with Crippen LogP contribution in [0.2, 0.25) is 0 Å². The number of nitrogens with zero attached hydrogens (tertiary/aromatic N) is 3. The molecule has 0 spiro atoms. The molecule has 1 aromatic rings. The summed E-state index contributed by atoms with van der Waals surface area (Å²) >= 11 is 0. The minimum atomic E-state index is -0.475. The summed E-state index contributed by atoms with van der Waals surface area (Å²) in [6, 6.07) is 8.21. The van der Waals surface area contributed by atoms with Crippen LogP contribution in [-0.2, 0) is 14.3 Å². The van der Waals surface area contributed by atoms with Crippen LogP contribution in [0.1, 0.15) is 67.2 Å². The number of amides is 1. The van der Waals surface area contributed by atoms with E-state index in [2.05, 4.69) is 42.7 Å². The van der Waals surface area contributed by atoms with Gasteiger partial charge in [0.1, 0.15) is 11.4 Å². The molecule has 7 nitrogen and oxygen atoms in total. The van der Waals surface area contributed by atoms with Gasteiger partial charge in [0.2, 0.25) is 5.91 Å². The number of piperazine rings is 1. The lowest BCUT2D eigenvalue weighted by Gasteiger charge is -2.41. The lowest BCUT2D eigenvalue weighted by atomic mass is 9.80. The van der Waals surface area contributed by atoms with Gasteiger partial charge in [-0.2, -0.15) is 0 Å². The van der Waals surface area contributed by atoms with E-state index in [1.165, 1.54) is 0 Å². The molecule has 3 rings (SSSR count). The number of likely N-dealkylation sites (tertiary alicyclic amines) is 1. The van der Waals surface area contributed by atoms with Gasteiger partial charge in [0.05, 0.1) is 12.8 Å². The van der Waals surface area contributed by atoms with Crippen LogP contribution < -0.4 is 9.64 Å². The maximum absolute atomic E-state index is 13.0. The van der Waals surface area contributed by atoms with Crippen LogP contribution in [0.3, 0.4) is 0 Å². The summed E-state index contributed by atoms with van der Waals surface area (Å²) in [6.07, 6.45) is 2.84. The van der Waals surface area contributed by atoms with Crippen molar-refractivity contribution in [2.45, 2.75) is 72.8 Å². The molecule has 1 amide bonds. The van der Waals surface area contributed by atoms with Gasteiger partial charge in [0, 0.05) is 52.1 Å². The second-order valence-corrected chi connectivity index (χ2v) is 13.0. The molecule has 0 radical (unpaired) electrons. The number of benzene rings is 1. The fourth-order valence-corrected chi connectivity index (χ4v) is 5.52. The highest BCUT2D eigenvalue weighted by Crippen LogP contribution is 2.33. The number of ether oxygens (including phenoxy) is 2. The van der Waals surface area contributed by atoms with Crippen molar-refractivity contribution >= 4 is 17.6 Å². The predicted molar refractivity (Wildman–Crippen MR) is 149 cm³/mol. The number of hydrogen-bond acceptors (Lipinski definition) is 6. The molecule has 0 aliphatic carbocycles. The Morgan fingerprint density at radius 3 is 2.24 bits per heavy atom. The molecule has 2 aliphatic heterocycles. The Hall–Kier alpha value is -2.28. The number of carbonyl (C=O) groups excluding carboxylic acids is 2. The van der Waals surface area contributed by atoms with Crippen molar-refractivity contribution in [3.63, 3.8) is 0 Å². The third-order valence-corrected chi connectivity index (χ3v) is 7.39. The Morgan fingerprint density at radius 1 is 0.946 bits per heavy atom. The van der Waals surface area contributed by atoms with Crippen molar-refractivity contribution in [2.24, 2.45) is 17.3 Å². The van der Waals surface area contributed by atoms with Crippen LogP contribution in [0, 0.1) is 17.3 Å². The molecule has 37 heavy (non-hydrogen) atoms. The first-order valence-electron chi connectivity index (χ1n) is 13.9. The van der Waals surface area contributed by atoms with Gasteiger partial charge in [-0.25, -0.2) is 0 Å². The van der Waals surface area contributed by atoms with E-state index in [4.69, 9.17) is 9.47 Å². The third-order valence-electron chi connectivity index (χ3n) is 7.39. The summed E-state index contributed by atoms with van der Waals surface area (Å²) in [5.41, 5.74) is 0.653. The summed E-state index contributed by atoms with van der Waals surface area (Å²) in [5, 5.41) is 0. The number of carbonyl (C=O) groups is 2. The van der Waals surface area contributed by atoms with Crippen molar-refractivity contribution in [1.29, 1.82) is 0 Å². The summed E-state index contributed by atoms with van der Waals surface area (Å²) in [4.78, 5) is 32.6. The number of piperidine rings is 1. The van der Waals surface area contributed by atoms with E-state index in [9.17, 15) is 9.59 Å². The minimum absolute atomic E-state index is 0.0267. The van der Waals surface area contributed by atoms with Crippen molar-refractivity contribution in [3.05, 3.63) is 24.3 Å². The van der Waals surface area contributed by atoms with E-state index in [0.717, 1.165) is 70.1 Å². The Morgan fingerprint density at radius 2 is 1.62 bits per heavy atom. The molecule has 208 valence electrons. The van der Waals surface area contributed by atoms with Crippen molar-refractivity contribution < 1.29 is 19.1 Å². The third kappa shape index (κ3) is 9.20. The SMILES string of the molecule is COc1ccccc1N1CCN(CC[C@H]2CN(C(=O)CC(C)(C)C)CC[C@H]2CC(=O)OC(C)(C)C)CC1. The topological polar surface area (TPSA) is 62.3 Å². The number of para-hydroxylation sites is 2. The molecule has 1 aromatic carbocycles. The fourth-order valence-electron chi connectivity index (χ4n) is 5.52. The average molecular weight is 516 g/mol. The minimum Gasteiger partial charge on any atom is -0.495 e. The smallest absolute Gasteiger partial charge is 0.306 e. The number of hydrogen-bond donors (Lipinski definition) is 0. The highest BCUT2D eigenvalue weighted by molar-refractivity contribution is 5.77. The van der Waals surface area contributed by atoms with E-state index < -0.39 is 5.60 Å². The molecule has 0 saturated carbocycles. The summed E-state index contributed by atoms with van der Waals surface area (Å²) in [7, 11) is 1.72. The Labute approximate surface area is 224 Å². The van der Waals surface area contributed by atoms with Crippen molar-refractivity contribution in [3.8, 4) is 5.75 Å². The molecule has 2 aliphatic rings. The van der Waals surface area contributed by atoms with Crippen LogP contribution in [0.5, 0.6) is 5.75 Å². The summed E-state index contributed by atoms with van der Waals surface area (Å²) in [6.45, 7) is 18.5. The molecule has 0 aromatic heterocycles. The summed E-state index contributed by atoms with van der Waals surface area (Å²) in [5.74, 6) is 1.59. The zero-order valence-corrected chi connectivity index (χ0v) is 24.2. The molecule has 2 fully saturated rings. The summed E-state index contributed by atoms with van der Waals surface area (Å²) < 4.78 is 11.2. The number of anilines is 1. The van der Waals surface area contributed by atoms with E-state index in [-0.39, 0.29) is 23.2 Å². The van der Waals surface area contributed by atoms with Gasteiger partial charge in [-0.05, 0) is 69.5 Å². The van der Waals surface area contributed by atoms with Gasteiger partial charge in [-0.15, -0.1) is 0 Å². The van der Waals surface area contributed by atoms with Gasteiger partial charge < -0.3 is 19.3 Å². The monoisotopic (exact) mass is 515 g/mol. The molecule has 0 N–H and O–H groups in total. The van der Waals surface area contributed by atoms with E-state index in [1.54, 1.807) is 7.11 Å². The first kappa shape index (κ1) is 29.3. The van der Waals surface area contributed by atoms with Gasteiger partial charge >= 0.3 is 5.97 Å². The first-order valence-corrected chi connectivity index (χ1v) is 13.9. The molecule has 2 heterocycles. The Bertz CT molecular complexity index is 897. The molecule has 0 unspecified atom stereocenters. The molecular weight excluding hydrogens is 466 g/mol. The van der Waals surface area contributed by atoms with Crippen molar-refractivity contribution in [1.82, 2.24) is 9.80 Å². The van der Waals surface area contributed by atoms with Crippen LogP contribution >= 0.6 is 0 Å². The number of esters is 1. The van der Waals surface area contributed by atoms with Crippen LogP contribution in [0.25, 0.3) is 0 Å². The van der Waals surface area contributed by atoms with E-state index in [0.29, 0.717) is 18.8 Å². The highest BCUT2D eigenvalue weighted by Gasteiger charge is 2.35. The van der Waals surface area contributed by atoms with Crippen LogP contribution in [0.15, 0.2) is 24.3 Å². The van der Waals surface area contributed by atoms with Gasteiger partial charge in [-0.1, -0.05) is 32.9 Å². The molecule has 2 saturated heterocycles. The van der Waals surface area contributed by atoms with Gasteiger partial charge in [0.25, 0.3) is 0 Å². The lowest BCUT2D eigenvalue weighted by Crippen LogP contribution is -2.49. The lowest BCUT2D eigenvalue weighted by molar-refractivity contribution is -0.157.